The van der Waals surface area contributed by atoms with Crippen molar-refractivity contribution in [2.45, 2.75) is 19.3 Å². The summed E-state index contributed by atoms with van der Waals surface area (Å²) in [4.78, 5) is 22.7. The van der Waals surface area contributed by atoms with E-state index in [0.29, 0.717) is 16.6 Å². The largest absolute Gasteiger partial charge is 0.480 e. The lowest BCUT2D eigenvalue weighted by molar-refractivity contribution is -0.148. The molecule has 1 atom stereocenters. The first kappa shape index (κ1) is 22.0. The topological polar surface area (TPSA) is 100 Å². The van der Waals surface area contributed by atoms with Crippen molar-refractivity contribution < 1.29 is 27.4 Å². The Hall–Kier alpha value is -3.21. The molecule has 1 amide bonds. The molecule has 4 rings (SSSR count). The van der Waals surface area contributed by atoms with Crippen molar-refractivity contribution in [3.8, 4) is 11.9 Å². The summed E-state index contributed by atoms with van der Waals surface area (Å²) in [5, 5.41) is 7.42. The van der Waals surface area contributed by atoms with Crippen molar-refractivity contribution in [3.63, 3.8) is 0 Å². The lowest BCUT2D eigenvalue weighted by Crippen LogP contribution is -2.38. The zero-order chi connectivity index (χ0) is 23.2. The zero-order valence-corrected chi connectivity index (χ0v) is 18.5. The lowest BCUT2D eigenvalue weighted by Gasteiger charge is -2.27. The molecule has 32 heavy (non-hydrogen) atoms. The van der Waals surface area contributed by atoms with Gasteiger partial charge in [-0.2, -0.15) is 23.1 Å². The molecule has 0 N–H and O–H groups in total. The fourth-order valence-corrected chi connectivity index (χ4v) is 3.90. The third-order valence-electron chi connectivity index (χ3n) is 5.15. The van der Waals surface area contributed by atoms with E-state index in [9.17, 15) is 18.0 Å². The summed E-state index contributed by atoms with van der Waals surface area (Å²) < 4.78 is 52.3. The van der Waals surface area contributed by atoms with E-state index in [2.05, 4.69) is 29.4 Å². The minimum absolute atomic E-state index is 0.0403. The van der Waals surface area contributed by atoms with Crippen LogP contribution in [0, 0.1) is 0 Å². The monoisotopic (exact) mass is 469 g/mol. The number of fused-ring (bicyclic) bond motifs is 2. The van der Waals surface area contributed by atoms with E-state index in [1.54, 1.807) is 17.7 Å². The van der Waals surface area contributed by atoms with Gasteiger partial charge in [-0.15, -0.1) is 10.2 Å². The standard InChI is InChI=1S/C18H19F3N7O3P/c1-26-13-12(14(30-2)23-17(22-13)31-3)9(15(26)32)4-5-11(29)27-6-7-28-10(8-27)24-25-16(28)18(19,20)21/h4-5H,6-8,32H2,1-3H3/b5-4+. The maximum Gasteiger partial charge on any atom is 0.451 e. The molecule has 170 valence electrons. The predicted octanol–water partition coefficient (Wildman–Crippen LogP) is 1.15. The fraction of sp³-hybridized carbons (Fsp3) is 0.389. The Kier molecular flexibility index (Phi) is 5.53. The minimum atomic E-state index is -4.59. The number of methoxy groups -OCH3 is 2. The average Bonchev–Trinajstić information content (AvgIpc) is 3.30. The summed E-state index contributed by atoms with van der Waals surface area (Å²) in [6.45, 7) is -0.00922. The number of carbonyl (C=O) groups excluding carboxylic acids is 1. The van der Waals surface area contributed by atoms with Crippen molar-refractivity contribution in [3.05, 3.63) is 23.3 Å². The molecule has 3 aromatic heterocycles. The van der Waals surface area contributed by atoms with Gasteiger partial charge < -0.3 is 23.5 Å². The molecule has 0 saturated carbocycles. The van der Waals surface area contributed by atoms with Crippen LogP contribution >= 0.6 is 9.24 Å². The predicted molar refractivity (Wildman–Crippen MR) is 110 cm³/mol. The van der Waals surface area contributed by atoms with Gasteiger partial charge in [-0.1, -0.05) is 9.24 Å². The second kappa shape index (κ2) is 8.05. The van der Waals surface area contributed by atoms with Gasteiger partial charge in [0, 0.05) is 37.2 Å². The normalized spacial score (nSPS) is 14.3. The SMILES string of the molecule is COc1nc(OC)c2c(/C=C/C(=O)N3CCn4c(nnc4C(F)(F)F)C3)c(P)n(C)c2n1. The molecule has 10 nitrogen and oxygen atoms in total. The van der Waals surface area contributed by atoms with Gasteiger partial charge in [-0.05, 0) is 6.08 Å². The molecule has 0 spiro atoms. The molecular weight excluding hydrogens is 450 g/mol. The highest BCUT2D eigenvalue weighted by Crippen LogP contribution is 2.31. The number of amides is 1. The van der Waals surface area contributed by atoms with E-state index in [0.717, 1.165) is 10.0 Å². The number of aromatic nitrogens is 6. The molecule has 1 aliphatic rings. The Morgan fingerprint density at radius 1 is 1.16 bits per heavy atom. The van der Waals surface area contributed by atoms with E-state index in [1.807, 2.05) is 0 Å². The second-order valence-corrected chi connectivity index (χ2v) is 7.51. The lowest BCUT2D eigenvalue weighted by atomic mass is 10.2. The number of hydrogen-bond donors (Lipinski definition) is 0. The van der Waals surface area contributed by atoms with E-state index in [1.165, 1.54) is 25.2 Å². The Labute approximate surface area is 182 Å². The van der Waals surface area contributed by atoms with Crippen LogP contribution in [0.2, 0.25) is 0 Å². The highest BCUT2D eigenvalue weighted by atomic mass is 31.0. The van der Waals surface area contributed by atoms with Crippen LogP contribution in [-0.2, 0) is 31.1 Å². The molecule has 3 aromatic rings. The van der Waals surface area contributed by atoms with Crippen molar-refractivity contribution >= 4 is 37.7 Å². The molecule has 4 heterocycles. The summed E-state index contributed by atoms with van der Waals surface area (Å²) in [6, 6.07) is 0.141. The van der Waals surface area contributed by atoms with Crippen molar-refractivity contribution in [1.29, 1.82) is 0 Å². The van der Waals surface area contributed by atoms with E-state index in [4.69, 9.17) is 9.47 Å². The molecule has 0 fully saturated rings. The van der Waals surface area contributed by atoms with Gasteiger partial charge in [0.15, 0.2) is 11.5 Å². The molecule has 14 heteroatoms. The summed E-state index contributed by atoms with van der Waals surface area (Å²) in [7, 11) is 7.29. The van der Waals surface area contributed by atoms with Gasteiger partial charge in [0.2, 0.25) is 17.6 Å². The van der Waals surface area contributed by atoms with E-state index < -0.39 is 12.0 Å². The van der Waals surface area contributed by atoms with Crippen molar-refractivity contribution in [2.75, 3.05) is 20.8 Å². The Morgan fingerprint density at radius 3 is 2.56 bits per heavy atom. The number of ether oxygens (including phenoxy) is 2. The first-order valence-electron chi connectivity index (χ1n) is 9.35. The Balaban J connectivity index is 1.62. The van der Waals surface area contributed by atoms with Crippen LogP contribution in [0.15, 0.2) is 6.08 Å². The van der Waals surface area contributed by atoms with Gasteiger partial charge in [0.25, 0.3) is 0 Å². The summed E-state index contributed by atoms with van der Waals surface area (Å²) in [5.74, 6) is -1.05. The highest BCUT2D eigenvalue weighted by Gasteiger charge is 2.39. The molecule has 1 aliphatic heterocycles. The number of hydrogen-bond acceptors (Lipinski definition) is 7. The third kappa shape index (κ3) is 3.66. The Bertz CT molecular complexity index is 1240. The number of carbonyl (C=O) groups is 1. The highest BCUT2D eigenvalue weighted by molar-refractivity contribution is 7.27. The van der Waals surface area contributed by atoms with Crippen LogP contribution in [0.5, 0.6) is 11.9 Å². The molecule has 0 aromatic carbocycles. The number of aryl methyl sites for hydroxylation is 1. The number of rotatable bonds is 4. The van der Waals surface area contributed by atoms with Crippen molar-refractivity contribution in [2.24, 2.45) is 7.05 Å². The van der Waals surface area contributed by atoms with Gasteiger partial charge in [0.05, 0.1) is 26.2 Å². The van der Waals surface area contributed by atoms with Crippen LogP contribution in [0.4, 0.5) is 13.2 Å². The zero-order valence-electron chi connectivity index (χ0n) is 17.3. The van der Waals surface area contributed by atoms with Crippen LogP contribution in [0.3, 0.4) is 0 Å². The van der Waals surface area contributed by atoms with E-state index in [-0.39, 0.29) is 43.3 Å². The summed E-state index contributed by atoms with van der Waals surface area (Å²) in [6.07, 6.45) is -1.64. The van der Waals surface area contributed by atoms with Crippen molar-refractivity contribution in [1.82, 2.24) is 34.2 Å². The van der Waals surface area contributed by atoms with Gasteiger partial charge >= 0.3 is 12.2 Å². The Morgan fingerprint density at radius 2 is 1.91 bits per heavy atom. The number of nitrogens with zero attached hydrogens (tertiary/aromatic N) is 7. The van der Waals surface area contributed by atoms with E-state index >= 15 is 0 Å². The fourth-order valence-electron chi connectivity index (χ4n) is 3.53. The van der Waals surface area contributed by atoms with Crippen LogP contribution in [0.25, 0.3) is 17.1 Å². The maximum atomic E-state index is 13.0. The molecular formula is C18H19F3N7O3P. The first-order chi connectivity index (χ1) is 15.2. The number of halogens is 3. The molecule has 0 radical (unpaired) electrons. The summed E-state index contributed by atoms with van der Waals surface area (Å²) >= 11 is 0. The summed E-state index contributed by atoms with van der Waals surface area (Å²) in [5.41, 5.74) is 1.94. The van der Waals surface area contributed by atoms with Crippen LogP contribution in [0.1, 0.15) is 17.2 Å². The van der Waals surface area contributed by atoms with Gasteiger partial charge in [0.1, 0.15) is 0 Å². The van der Waals surface area contributed by atoms with Gasteiger partial charge in [-0.25, -0.2) is 0 Å². The third-order valence-corrected chi connectivity index (χ3v) is 5.85. The second-order valence-electron chi connectivity index (χ2n) is 6.96. The first-order valence-corrected chi connectivity index (χ1v) is 9.93. The molecule has 1 unspecified atom stereocenters. The number of alkyl halides is 3. The molecule has 0 saturated heterocycles. The van der Waals surface area contributed by atoms with Crippen LogP contribution < -0.4 is 14.9 Å². The minimum Gasteiger partial charge on any atom is -0.480 e. The van der Waals surface area contributed by atoms with Crippen LogP contribution in [-0.4, -0.2) is 60.9 Å². The molecule has 0 aliphatic carbocycles. The quantitative estimate of drug-likeness (QED) is 0.418. The smallest absolute Gasteiger partial charge is 0.451 e. The average molecular weight is 469 g/mol. The molecule has 0 bridgehead atoms. The van der Waals surface area contributed by atoms with Gasteiger partial charge in [-0.3, -0.25) is 4.79 Å². The maximum absolute atomic E-state index is 13.0.